The molecule has 0 saturated carbocycles. The third-order valence-electron chi connectivity index (χ3n) is 2.76. The predicted octanol–water partition coefficient (Wildman–Crippen LogP) is 2.66. The first-order valence-electron chi connectivity index (χ1n) is 6.29. The van der Waals surface area contributed by atoms with Crippen LogP contribution in [0.25, 0.3) is 10.9 Å². The molecule has 0 bridgehead atoms. The van der Waals surface area contributed by atoms with Crippen molar-refractivity contribution in [2.24, 2.45) is 0 Å². The van der Waals surface area contributed by atoms with Crippen LogP contribution < -0.4 is 5.32 Å². The van der Waals surface area contributed by atoms with Crippen molar-refractivity contribution in [3.8, 4) is 0 Å². The highest BCUT2D eigenvalue weighted by atomic mass is 32.2. The second-order valence-corrected chi connectivity index (χ2v) is 5.40. The van der Waals surface area contributed by atoms with Crippen LogP contribution in [0.2, 0.25) is 0 Å². The van der Waals surface area contributed by atoms with Gasteiger partial charge in [0.05, 0.1) is 17.5 Å². The number of fused-ring (bicyclic) bond motifs is 1. The van der Waals surface area contributed by atoms with Gasteiger partial charge in [0, 0.05) is 16.3 Å². The lowest BCUT2D eigenvalue weighted by Gasteiger charge is -2.04. The molecule has 2 heterocycles. The van der Waals surface area contributed by atoms with E-state index in [0.717, 1.165) is 15.8 Å². The Hall–Kier alpha value is -2.41. The average Bonchev–Trinajstić information content (AvgIpc) is 2.90. The van der Waals surface area contributed by atoms with Crippen LogP contribution >= 0.6 is 11.8 Å². The van der Waals surface area contributed by atoms with Gasteiger partial charge < -0.3 is 9.84 Å². The van der Waals surface area contributed by atoms with Gasteiger partial charge in [0.1, 0.15) is 5.76 Å². The van der Waals surface area contributed by atoms with Gasteiger partial charge in [-0.25, -0.2) is 0 Å². The highest BCUT2D eigenvalue weighted by Gasteiger charge is 2.09. The molecule has 1 aromatic carbocycles. The number of nitrogens with zero attached hydrogens (tertiary/aromatic N) is 3. The highest BCUT2D eigenvalue weighted by molar-refractivity contribution is 8.00. The van der Waals surface area contributed by atoms with Gasteiger partial charge in [-0.1, -0.05) is 23.4 Å². The van der Waals surface area contributed by atoms with Gasteiger partial charge in [-0.2, -0.15) is 10.2 Å². The summed E-state index contributed by atoms with van der Waals surface area (Å²) >= 11 is 1.41. The predicted molar refractivity (Wildman–Crippen MR) is 80.1 cm³/mol. The van der Waals surface area contributed by atoms with Gasteiger partial charge in [0.2, 0.25) is 5.91 Å². The Balaban J connectivity index is 1.67. The van der Waals surface area contributed by atoms with Crippen LogP contribution in [0, 0.1) is 6.92 Å². The van der Waals surface area contributed by atoms with E-state index < -0.39 is 0 Å². The van der Waals surface area contributed by atoms with Crippen LogP contribution in [0.15, 0.2) is 45.9 Å². The van der Waals surface area contributed by atoms with Crippen molar-refractivity contribution in [1.82, 2.24) is 15.4 Å². The molecule has 0 fully saturated rings. The molecule has 1 N–H and O–H groups in total. The Kier molecular flexibility index (Phi) is 3.83. The molecule has 106 valence electrons. The van der Waals surface area contributed by atoms with Crippen molar-refractivity contribution in [1.29, 1.82) is 0 Å². The smallest absolute Gasteiger partial charge is 0.235 e. The van der Waals surface area contributed by atoms with Gasteiger partial charge in [-0.05, 0) is 13.0 Å². The number of hydrogen-bond donors (Lipinski definition) is 1. The Morgan fingerprint density at radius 2 is 2.24 bits per heavy atom. The molecule has 0 saturated heterocycles. The Bertz CT molecular complexity index is 782. The lowest BCUT2D eigenvalue weighted by atomic mass is 10.2. The van der Waals surface area contributed by atoms with Crippen LogP contribution in [-0.2, 0) is 4.79 Å². The maximum absolute atomic E-state index is 11.9. The molecule has 0 unspecified atom stereocenters. The normalized spacial score (nSPS) is 10.7. The zero-order valence-electron chi connectivity index (χ0n) is 11.2. The molecule has 0 aliphatic carbocycles. The van der Waals surface area contributed by atoms with Crippen molar-refractivity contribution in [3.63, 3.8) is 0 Å². The molecular weight excluding hydrogens is 288 g/mol. The number of amides is 1. The number of aromatic nitrogens is 3. The highest BCUT2D eigenvalue weighted by Crippen LogP contribution is 2.25. The number of carbonyl (C=O) groups is 1. The van der Waals surface area contributed by atoms with E-state index in [9.17, 15) is 4.79 Å². The minimum Gasteiger partial charge on any atom is -0.360 e. The Morgan fingerprint density at radius 1 is 1.38 bits per heavy atom. The standard InChI is InChI=1S/C14H12N4O2S/c1-9-6-13(18-20-9)16-14(19)8-21-12-7-15-17-11-5-3-2-4-10(11)12/h2-7H,8H2,1H3,(H,16,18,19). The molecular formula is C14H12N4O2S. The fourth-order valence-electron chi connectivity index (χ4n) is 1.84. The summed E-state index contributed by atoms with van der Waals surface area (Å²) in [7, 11) is 0. The molecule has 0 atom stereocenters. The van der Waals surface area contributed by atoms with E-state index in [2.05, 4.69) is 20.7 Å². The lowest BCUT2D eigenvalue weighted by molar-refractivity contribution is -0.113. The minimum atomic E-state index is -0.144. The van der Waals surface area contributed by atoms with E-state index in [1.807, 2.05) is 24.3 Å². The molecule has 3 aromatic rings. The number of carbonyl (C=O) groups excluding carboxylic acids is 1. The van der Waals surface area contributed by atoms with E-state index >= 15 is 0 Å². The molecule has 0 aliphatic heterocycles. The van der Waals surface area contributed by atoms with E-state index in [1.165, 1.54) is 11.8 Å². The molecule has 3 rings (SSSR count). The minimum absolute atomic E-state index is 0.144. The molecule has 21 heavy (non-hydrogen) atoms. The lowest BCUT2D eigenvalue weighted by Crippen LogP contribution is -2.14. The van der Waals surface area contributed by atoms with Crippen molar-refractivity contribution in [2.45, 2.75) is 11.8 Å². The largest absolute Gasteiger partial charge is 0.360 e. The van der Waals surface area contributed by atoms with Crippen molar-refractivity contribution >= 4 is 34.4 Å². The number of rotatable bonds is 4. The van der Waals surface area contributed by atoms with Crippen LogP contribution in [0.4, 0.5) is 5.82 Å². The third kappa shape index (κ3) is 3.19. The zero-order valence-corrected chi connectivity index (χ0v) is 12.1. The van der Waals surface area contributed by atoms with Crippen molar-refractivity contribution in [2.75, 3.05) is 11.1 Å². The van der Waals surface area contributed by atoms with E-state index in [0.29, 0.717) is 11.6 Å². The SMILES string of the molecule is Cc1cc(NC(=O)CSc2cnnc3ccccc23)no1. The van der Waals surface area contributed by atoms with E-state index in [4.69, 9.17) is 4.52 Å². The summed E-state index contributed by atoms with van der Waals surface area (Å²) in [6.07, 6.45) is 1.67. The topological polar surface area (TPSA) is 80.9 Å². The summed E-state index contributed by atoms with van der Waals surface area (Å²) < 4.78 is 4.90. The quantitative estimate of drug-likeness (QED) is 0.746. The van der Waals surface area contributed by atoms with Crippen molar-refractivity contribution < 1.29 is 9.32 Å². The maximum atomic E-state index is 11.9. The van der Waals surface area contributed by atoms with E-state index in [1.54, 1.807) is 19.2 Å². The molecule has 2 aromatic heterocycles. The second kappa shape index (κ2) is 5.92. The average molecular weight is 300 g/mol. The number of anilines is 1. The van der Waals surface area contributed by atoms with Crippen LogP contribution in [0.1, 0.15) is 5.76 Å². The number of benzene rings is 1. The van der Waals surface area contributed by atoms with Crippen LogP contribution in [-0.4, -0.2) is 27.0 Å². The zero-order chi connectivity index (χ0) is 14.7. The first kappa shape index (κ1) is 13.6. The third-order valence-corrected chi connectivity index (χ3v) is 3.81. The maximum Gasteiger partial charge on any atom is 0.235 e. The first-order chi connectivity index (χ1) is 10.2. The van der Waals surface area contributed by atoms with E-state index in [-0.39, 0.29) is 11.7 Å². The van der Waals surface area contributed by atoms with Crippen LogP contribution in [0.3, 0.4) is 0 Å². The van der Waals surface area contributed by atoms with Gasteiger partial charge >= 0.3 is 0 Å². The summed E-state index contributed by atoms with van der Waals surface area (Å²) in [5.74, 6) is 1.20. The van der Waals surface area contributed by atoms with Gasteiger partial charge in [0.25, 0.3) is 0 Å². The molecule has 0 aliphatic rings. The summed E-state index contributed by atoms with van der Waals surface area (Å²) in [6, 6.07) is 9.37. The van der Waals surface area contributed by atoms with Gasteiger partial charge in [-0.15, -0.1) is 11.8 Å². The Morgan fingerprint density at radius 3 is 3.05 bits per heavy atom. The fraction of sp³-hybridized carbons (Fsp3) is 0.143. The summed E-state index contributed by atoms with van der Waals surface area (Å²) in [5, 5.41) is 15.4. The molecule has 6 nitrogen and oxygen atoms in total. The van der Waals surface area contributed by atoms with Crippen LogP contribution in [0.5, 0.6) is 0 Å². The summed E-state index contributed by atoms with van der Waals surface area (Å²) in [4.78, 5) is 12.8. The number of hydrogen-bond acceptors (Lipinski definition) is 6. The molecule has 1 amide bonds. The Labute approximate surface area is 124 Å². The number of nitrogens with one attached hydrogen (secondary N) is 1. The van der Waals surface area contributed by atoms with Gasteiger partial charge in [0.15, 0.2) is 5.82 Å². The monoisotopic (exact) mass is 300 g/mol. The van der Waals surface area contributed by atoms with Crippen molar-refractivity contribution in [3.05, 3.63) is 42.3 Å². The fourth-order valence-corrected chi connectivity index (χ4v) is 2.65. The molecule has 0 spiro atoms. The number of aryl methyl sites for hydroxylation is 1. The summed E-state index contributed by atoms with van der Waals surface area (Å²) in [5.41, 5.74) is 0.815. The molecule has 0 radical (unpaired) electrons. The molecule has 7 heteroatoms. The second-order valence-electron chi connectivity index (χ2n) is 4.39. The summed E-state index contributed by atoms with van der Waals surface area (Å²) in [6.45, 7) is 1.77. The number of thioether (sulfide) groups is 1. The van der Waals surface area contributed by atoms with Gasteiger partial charge in [-0.3, -0.25) is 4.79 Å². The first-order valence-corrected chi connectivity index (χ1v) is 7.27.